The van der Waals surface area contributed by atoms with Gasteiger partial charge < -0.3 is 5.32 Å². The predicted octanol–water partition coefficient (Wildman–Crippen LogP) is 3.91. The van der Waals surface area contributed by atoms with Crippen LogP contribution in [-0.4, -0.2) is 12.6 Å². The fraction of sp³-hybridized carbons (Fsp3) is 0.278. The van der Waals surface area contributed by atoms with E-state index in [1.165, 1.54) is 6.42 Å². The molecular formula is C18H19FN. The minimum absolute atomic E-state index is 0.00741. The molecule has 3 rings (SSSR count). The maximum Gasteiger partial charge on any atom is 0.127 e. The van der Waals surface area contributed by atoms with Crippen LogP contribution in [0, 0.1) is 12.2 Å². The van der Waals surface area contributed by atoms with Crippen molar-refractivity contribution in [2.24, 2.45) is 0 Å². The van der Waals surface area contributed by atoms with E-state index in [0.717, 1.165) is 24.1 Å². The molecule has 2 aromatic rings. The van der Waals surface area contributed by atoms with Gasteiger partial charge in [-0.25, -0.2) is 4.39 Å². The highest BCUT2D eigenvalue weighted by Gasteiger charge is 2.24. The van der Waals surface area contributed by atoms with Gasteiger partial charge in [0.15, 0.2) is 0 Å². The van der Waals surface area contributed by atoms with Crippen LogP contribution < -0.4 is 5.32 Å². The molecule has 0 bridgehead atoms. The molecule has 2 atom stereocenters. The van der Waals surface area contributed by atoms with E-state index < -0.39 is 0 Å². The van der Waals surface area contributed by atoms with Crippen LogP contribution in [0.4, 0.5) is 4.39 Å². The van der Waals surface area contributed by atoms with E-state index in [0.29, 0.717) is 6.04 Å². The van der Waals surface area contributed by atoms with Crippen molar-refractivity contribution < 1.29 is 4.39 Å². The van der Waals surface area contributed by atoms with E-state index in [-0.39, 0.29) is 11.7 Å². The largest absolute Gasteiger partial charge is 0.314 e. The average molecular weight is 268 g/mol. The Balaban J connectivity index is 1.92. The summed E-state index contributed by atoms with van der Waals surface area (Å²) in [6.45, 7) is 1.06. The van der Waals surface area contributed by atoms with Crippen molar-refractivity contribution in [1.82, 2.24) is 5.32 Å². The van der Waals surface area contributed by atoms with Crippen LogP contribution in [-0.2, 0) is 0 Å². The van der Waals surface area contributed by atoms with Crippen molar-refractivity contribution in [3.63, 3.8) is 0 Å². The van der Waals surface area contributed by atoms with Crippen molar-refractivity contribution in [2.45, 2.75) is 24.8 Å². The van der Waals surface area contributed by atoms with E-state index in [2.05, 4.69) is 23.9 Å². The van der Waals surface area contributed by atoms with Crippen LogP contribution in [0.2, 0.25) is 0 Å². The van der Waals surface area contributed by atoms with Crippen LogP contribution in [0.15, 0.2) is 54.6 Å². The highest BCUT2D eigenvalue weighted by atomic mass is 19.1. The quantitative estimate of drug-likeness (QED) is 0.886. The van der Waals surface area contributed by atoms with Gasteiger partial charge in [0.05, 0.1) is 0 Å². The maximum absolute atomic E-state index is 14.2. The van der Waals surface area contributed by atoms with Gasteiger partial charge in [-0.05, 0) is 43.0 Å². The molecule has 1 heterocycles. The van der Waals surface area contributed by atoms with Gasteiger partial charge in [0.1, 0.15) is 5.82 Å². The molecular weight excluding hydrogens is 249 g/mol. The molecule has 103 valence electrons. The second-order valence-corrected chi connectivity index (χ2v) is 5.31. The number of halogens is 1. The summed E-state index contributed by atoms with van der Waals surface area (Å²) in [5.74, 6) is -0.122. The van der Waals surface area contributed by atoms with E-state index in [9.17, 15) is 4.39 Å². The lowest BCUT2D eigenvalue weighted by atomic mass is 9.85. The normalized spacial score (nSPS) is 19.9. The molecule has 1 nitrogen and oxygen atoms in total. The number of benzene rings is 2. The van der Waals surface area contributed by atoms with Crippen molar-refractivity contribution in [3.05, 3.63) is 78.0 Å². The summed E-state index contributed by atoms with van der Waals surface area (Å²) in [6.07, 6.45) is 4.58. The lowest BCUT2D eigenvalue weighted by molar-refractivity contribution is 0.586. The summed E-state index contributed by atoms with van der Waals surface area (Å²) >= 11 is 0. The molecule has 20 heavy (non-hydrogen) atoms. The number of hydrogen-bond acceptors (Lipinski definition) is 1. The van der Waals surface area contributed by atoms with Crippen molar-refractivity contribution in [2.75, 3.05) is 6.54 Å². The first-order chi connectivity index (χ1) is 9.84. The summed E-state index contributed by atoms with van der Waals surface area (Å²) in [6, 6.07) is 17.6. The number of nitrogens with one attached hydrogen (secondary N) is 1. The van der Waals surface area contributed by atoms with Crippen LogP contribution in [0.25, 0.3) is 0 Å². The Morgan fingerprint density at radius 1 is 1.05 bits per heavy atom. The molecule has 2 aromatic carbocycles. The SMILES string of the molecule is Fc1ccccc1[C@H]([CH][C@@H]1CCCN1)c1ccccc1. The summed E-state index contributed by atoms with van der Waals surface area (Å²) in [7, 11) is 0. The summed E-state index contributed by atoms with van der Waals surface area (Å²) in [5, 5.41) is 3.47. The molecule has 0 unspecified atom stereocenters. The van der Waals surface area contributed by atoms with E-state index in [1.54, 1.807) is 12.1 Å². The molecule has 0 amide bonds. The molecule has 1 aliphatic heterocycles. The molecule has 2 heteroatoms. The van der Waals surface area contributed by atoms with Crippen LogP contribution in [0.1, 0.15) is 29.9 Å². The molecule has 0 spiro atoms. The van der Waals surface area contributed by atoms with E-state index in [4.69, 9.17) is 0 Å². The Labute approximate surface area is 119 Å². The zero-order chi connectivity index (χ0) is 13.8. The molecule has 0 aliphatic carbocycles. The maximum atomic E-state index is 14.2. The fourth-order valence-electron chi connectivity index (χ4n) is 2.89. The minimum atomic E-state index is -0.129. The van der Waals surface area contributed by atoms with Gasteiger partial charge in [0.2, 0.25) is 0 Å². The molecule has 1 radical (unpaired) electrons. The predicted molar refractivity (Wildman–Crippen MR) is 80.0 cm³/mol. The summed E-state index contributed by atoms with van der Waals surface area (Å²) in [4.78, 5) is 0. The molecule has 1 saturated heterocycles. The van der Waals surface area contributed by atoms with Crippen molar-refractivity contribution >= 4 is 0 Å². The van der Waals surface area contributed by atoms with Gasteiger partial charge in [-0.15, -0.1) is 0 Å². The Bertz CT molecular complexity index is 546. The molecule has 1 N–H and O–H groups in total. The molecule has 1 aliphatic rings. The first kappa shape index (κ1) is 13.3. The van der Waals surface area contributed by atoms with Crippen LogP contribution >= 0.6 is 0 Å². The first-order valence-electron chi connectivity index (χ1n) is 7.22. The average Bonchev–Trinajstić information content (AvgIpc) is 3.00. The monoisotopic (exact) mass is 268 g/mol. The Kier molecular flexibility index (Phi) is 4.12. The standard InChI is InChI=1S/C18H19FN/c19-18-11-5-4-10-16(18)17(13-15-9-6-12-20-15)14-7-2-1-3-8-14/h1-5,7-8,10-11,13,15,17,20H,6,9,12H2/t15-,17+/m0/s1. The van der Waals surface area contributed by atoms with Gasteiger partial charge in [-0.1, -0.05) is 48.5 Å². The van der Waals surface area contributed by atoms with Gasteiger partial charge in [0.25, 0.3) is 0 Å². The zero-order valence-corrected chi connectivity index (χ0v) is 11.4. The highest BCUT2D eigenvalue weighted by Crippen LogP contribution is 2.31. The van der Waals surface area contributed by atoms with Crippen molar-refractivity contribution in [3.8, 4) is 0 Å². The third-order valence-corrected chi connectivity index (χ3v) is 3.92. The van der Waals surface area contributed by atoms with E-state index in [1.807, 2.05) is 30.3 Å². The Morgan fingerprint density at radius 2 is 1.80 bits per heavy atom. The Morgan fingerprint density at radius 3 is 2.50 bits per heavy atom. The lowest BCUT2D eigenvalue weighted by Gasteiger charge is -2.22. The third-order valence-electron chi connectivity index (χ3n) is 3.92. The van der Waals surface area contributed by atoms with Crippen LogP contribution in [0.5, 0.6) is 0 Å². The first-order valence-corrected chi connectivity index (χ1v) is 7.22. The second-order valence-electron chi connectivity index (χ2n) is 5.31. The zero-order valence-electron chi connectivity index (χ0n) is 11.4. The minimum Gasteiger partial charge on any atom is -0.314 e. The third kappa shape index (κ3) is 2.91. The van der Waals surface area contributed by atoms with Crippen LogP contribution in [0.3, 0.4) is 0 Å². The Hall–Kier alpha value is -1.67. The molecule has 0 aromatic heterocycles. The number of rotatable bonds is 4. The summed E-state index contributed by atoms with van der Waals surface area (Å²) in [5.41, 5.74) is 1.90. The van der Waals surface area contributed by atoms with Gasteiger partial charge >= 0.3 is 0 Å². The fourth-order valence-corrected chi connectivity index (χ4v) is 2.89. The number of hydrogen-bond donors (Lipinski definition) is 1. The lowest BCUT2D eigenvalue weighted by Crippen LogP contribution is -2.25. The summed E-state index contributed by atoms with van der Waals surface area (Å²) < 4.78 is 14.2. The topological polar surface area (TPSA) is 12.0 Å². The molecule has 1 fully saturated rings. The van der Waals surface area contributed by atoms with Crippen molar-refractivity contribution in [1.29, 1.82) is 0 Å². The van der Waals surface area contributed by atoms with E-state index >= 15 is 0 Å². The van der Waals surface area contributed by atoms with Gasteiger partial charge in [0, 0.05) is 12.0 Å². The smallest absolute Gasteiger partial charge is 0.127 e. The molecule has 0 saturated carbocycles. The second kappa shape index (κ2) is 6.19. The highest BCUT2D eigenvalue weighted by molar-refractivity contribution is 5.37. The van der Waals surface area contributed by atoms with Gasteiger partial charge in [-0.2, -0.15) is 0 Å². The van der Waals surface area contributed by atoms with Gasteiger partial charge in [-0.3, -0.25) is 0 Å².